The number of rotatable bonds is 3. The van der Waals surface area contributed by atoms with Crippen LogP contribution in [-0.4, -0.2) is 40.0 Å². The lowest BCUT2D eigenvalue weighted by molar-refractivity contribution is -0.134. The molecule has 0 aromatic rings. The van der Waals surface area contributed by atoms with Gasteiger partial charge in [-0.05, 0) is 32.6 Å². The Hall–Kier alpha value is -1.95. The molecule has 6 heteroatoms. The van der Waals surface area contributed by atoms with Crippen molar-refractivity contribution in [1.82, 2.24) is 5.32 Å². The molecule has 3 N–H and O–H groups in total. The Bertz CT molecular complexity index is 436. The lowest BCUT2D eigenvalue weighted by Crippen LogP contribution is -2.30. The van der Waals surface area contributed by atoms with Gasteiger partial charge in [0.1, 0.15) is 0 Å². The summed E-state index contributed by atoms with van der Waals surface area (Å²) in [4.78, 5) is 30.3. The Labute approximate surface area is 117 Å². The van der Waals surface area contributed by atoms with Gasteiger partial charge < -0.3 is 15.5 Å². The third-order valence-electron chi connectivity index (χ3n) is 3.27. The van der Waals surface area contributed by atoms with E-state index in [1.807, 2.05) is 0 Å². The van der Waals surface area contributed by atoms with Gasteiger partial charge in [-0.15, -0.1) is 0 Å². The Balaban J connectivity index is 0.000000221. The number of fused-ring (bicyclic) bond motifs is 2. The maximum atomic E-state index is 11.2. The maximum Gasteiger partial charge on any atom is 0.328 e. The second kappa shape index (κ2) is 7.59. The zero-order valence-electron chi connectivity index (χ0n) is 11.3. The van der Waals surface area contributed by atoms with E-state index in [-0.39, 0.29) is 5.78 Å². The topological polar surface area (TPSA) is 104 Å². The van der Waals surface area contributed by atoms with Gasteiger partial charge in [0.25, 0.3) is 0 Å². The third kappa shape index (κ3) is 5.36. The standard InChI is InChI=1S/C10H15NO.C4H4O4/c1-7(12)9-4-2-3-8-5-6-10(9)11-8;5-3(6)1-2-4(7)8/h4,8,10-11H,2-3,5-6H2,1H3;1-2H,(H,5,6)(H,7,8). The lowest BCUT2D eigenvalue weighted by Gasteiger charge is -2.11. The van der Waals surface area contributed by atoms with Gasteiger partial charge in [0.2, 0.25) is 0 Å². The molecule has 1 saturated heterocycles. The smallest absolute Gasteiger partial charge is 0.328 e. The van der Waals surface area contributed by atoms with E-state index in [1.54, 1.807) is 6.92 Å². The predicted molar refractivity (Wildman–Crippen MR) is 72.4 cm³/mol. The summed E-state index contributed by atoms with van der Waals surface area (Å²) < 4.78 is 0. The number of nitrogens with one attached hydrogen (secondary N) is 1. The van der Waals surface area contributed by atoms with Gasteiger partial charge in [0.15, 0.2) is 5.78 Å². The van der Waals surface area contributed by atoms with Crippen molar-refractivity contribution in [3.63, 3.8) is 0 Å². The van der Waals surface area contributed by atoms with Crippen LogP contribution in [0.5, 0.6) is 0 Å². The first-order valence-corrected chi connectivity index (χ1v) is 6.51. The first kappa shape index (κ1) is 16.1. The van der Waals surface area contributed by atoms with E-state index in [0.717, 1.165) is 18.4 Å². The van der Waals surface area contributed by atoms with E-state index >= 15 is 0 Å². The Morgan fingerprint density at radius 1 is 1.15 bits per heavy atom. The van der Waals surface area contributed by atoms with Crippen molar-refractivity contribution in [1.29, 1.82) is 0 Å². The number of carboxylic acid groups (broad SMARTS) is 2. The zero-order valence-corrected chi connectivity index (χ0v) is 11.3. The highest BCUT2D eigenvalue weighted by Crippen LogP contribution is 2.26. The molecular weight excluding hydrogens is 262 g/mol. The van der Waals surface area contributed by atoms with Crippen LogP contribution >= 0.6 is 0 Å². The van der Waals surface area contributed by atoms with Crippen LogP contribution in [-0.2, 0) is 14.4 Å². The monoisotopic (exact) mass is 281 g/mol. The van der Waals surface area contributed by atoms with Gasteiger partial charge in [-0.1, -0.05) is 6.08 Å². The van der Waals surface area contributed by atoms with Gasteiger partial charge in [-0.2, -0.15) is 0 Å². The molecule has 0 radical (unpaired) electrons. The molecule has 2 atom stereocenters. The molecule has 2 aliphatic rings. The summed E-state index contributed by atoms with van der Waals surface area (Å²) in [6.45, 7) is 1.67. The van der Waals surface area contributed by atoms with E-state index < -0.39 is 11.9 Å². The molecule has 20 heavy (non-hydrogen) atoms. The minimum atomic E-state index is -1.26. The number of allylic oxidation sites excluding steroid dienone is 1. The number of aliphatic carboxylic acids is 2. The molecular formula is C14H19NO5. The van der Waals surface area contributed by atoms with E-state index in [1.165, 1.54) is 12.8 Å². The summed E-state index contributed by atoms with van der Waals surface area (Å²) in [5.41, 5.74) is 1.02. The van der Waals surface area contributed by atoms with Gasteiger partial charge in [-0.3, -0.25) is 4.79 Å². The van der Waals surface area contributed by atoms with Crippen LogP contribution in [0.15, 0.2) is 23.8 Å². The largest absolute Gasteiger partial charge is 0.478 e. The second-order valence-electron chi connectivity index (χ2n) is 4.80. The van der Waals surface area contributed by atoms with E-state index in [4.69, 9.17) is 10.2 Å². The van der Waals surface area contributed by atoms with Gasteiger partial charge in [0, 0.05) is 29.8 Å². The van der Waals surface area contributed by atoms with Crippen molar-refractivity contribution >= 4 is 17.7 Å². The summed E-state index contributed by atoms with van der Waals surface area (Å²) in [6.07, 6.45) is 7.91. The molecule has 2 unspecified atom stereocenters. The molecule has 0 spiro atoms. The van der Waals surface area contributed by atoms with Crippen molar-refractivity contribution in [3.05, 3.63) is 23.8 Å². The predicted octanol–water partition coefficient (Wildman–Crippen LogP) is 1.13. The minimum absolute atomic E-state index is 0.245. The fourth-order valence-electron chi connectivity index (χ4n) is 2.41. The number of Topliss-reactive ketones (excluding diaryl/α,β-unsaturated/α-hetero) is 1. The summed E-state index contributed by atoms with van der Waals surface area (Å²) >= 11 is 0. The van der Waals surface area contributed by atoms with Crippen molar-refractivity contribution in [2.45, 2.75) is 44.7 Å². The van der Waals surface area contributed by atoms with Crippen molar-refractivity contribution in [3.8, 4) is 0 Å². The Morgan fingerprint density at radius 3 is 2.25 bits per heavy atom. The average molecular weight is 281 g/mol. The number of carbonyl (C=O) groups is 3. The number of carboxylic acids is 2. The Morgan fingerprint density at radius 2 is 1.75 bits per heavy atom. The van der Waals surface area contributed by atoms with Crippen LogP contribution in [0.2, 0.25) is 0 Å². The number of ketones is 1. The maximum absolute atomic E-state index is 11.2. The zero-order chi connectivity index (χ0) is 15.1. The molecule has 6 nitrogen and oxygen atoms in total. The molecule has 2 rings (SSSR count). The van der Waals surface area contributed by atoms with Gasteiger partial charge in [-0.25, -0.2) is 9.59 Å². The quantitative estimate of drug-likeness (QED) is 0.670. The number of hydrogen-bond donors (Lipinski definition) is 3. The summed E-state index contributed by atoms with van der Waals surface area (Å²) in [7, 11) is 0. The molecule has 0 saturated carbocycles. The average Bonchev–Trinajstić information content (AvgIpc) is 2.68. The number of hydrogen-bond acceptors (Lipinski definition) is 4. The SMILES string of the molecule is CC(=O)C1=CCCC2CCC1N2.O=C(O)C=CC(=O)O. The molecule has 2 heterocycles. The number of carbonyl (C=O) groups excluding carboxylic acids is 1. The van der Waals surface area contributed by atoms with E-state index in [0.29, 0.717) is 24.2 Å². The van der Waals surface area contributed by atoms with Crippen LogP contribution in [0, 0.1) is 0 Å². The van der Waals surface area contributed by atoms with Crippen LogP contribution in [0.25, 0.3) is 0 Å². The molecule has 1 fully saturated rings. The first-order valence-electron chi connectivity index (χ1n) is 6.51. The van der Waals surface area contributed by atoms with Gasteiger partial charge >= 0.3 is 11.9 Å². The fourth-order valence-corrected chi connectivity index (χ4v) is 2.41. The summed E-state index contributed by atoms with van der Waals surface area (Å²) in [6, 6.07) is 1.04. The van der Waals surface area contributed by atoms with Crippen molar-refractivity contribution in [2.75, 3.05) is 0 Å². The molecule has 0 aromatic heterocycles. The highest BCUT2D eigenvalue weighted by atomic mass is 16.4. The van der Waals surface area contributed by atoms with E-state index in [2.05, 4.69) is 11.4 Å². The highest BCUT2D eigenvalue weighted by Gasteiger charge is 2.29. The molecule has 110 valence electrons. The van der Waals surface area contributed by atoms with Crippen LogP contribution in [0.4, 0.5) is 0 Å². The highest BCUT2D eigenvalue weighted by molar-refractivity contribution is 5.94. The van der Waals surface area contributed by atoms with Crippen LogP contribution in [0.1, 0.15) is 32.6 Å². The second-order valence-corrected chi connectivity index (χ2v) is 4.80. The Kier molecular flexibility index (Phi) is 6.11. The summed E-state index contributed by atoms with van der Waals surface area (Å²) in [5, 5.41) is 19.1. The lowest BCUT2D eigenvalue weighted by atomic mass is 9.98. The minimum Gasteiger partial charge on any atom is -0.478 e. The van der Waals surface area contributed by atoms with Crippen LogP contribution in [0.3, 0.4) is 0 Å². The summed E-state index contributed by atoms with van der Waals surface area (Å²) in [5.74, 6) is -2.27. The fraction of sp³-hybridized carbons (Fsp3) is 0.500. The molecule has 2 aliphatic heterocycles. The van der Waals surface area contributed by atoms with Crippen LogP contribution < -0.4 is 5.32 Å². The first-order chi connectivity index (χ1) is 9.40. The van der Waals surface area contributed by atoms with Gasteiger partial charge in [0.05, 0.1) is 0 Å². The molecule has 0 aliphatic carbocycles. The third-order valence-corrected chi connectivity index (χ3v) is 3.27. The molecule has 0 aromatic carbocycles. The van der Waals surface area contributed by atoms with Crippen molar-refractivity contribution in [2.24, 2.45) is 0 Å². The van der Waals surface area contributed by atoms with E-state index in [9.17, 15) is 14.4 Å². The normalized spacial score (nSPS) is 24.4. The molecule has 0 amide bonds. The van der Waals surface area contributed by atoms with Crippen molar-refractivity contribution < 1.29 is 24.6 Å². The molecule has 2 bridgehead atoms.